The minimum Gasteiger partial charge on any atom is -0.485 e. The lowest BCUT2D eigenvalue weighted by molar-refractivity contribution is 0.111. The van der Waals surface area contributed by atoms with Crippen molar-refractivity contribution in [3.8, 4) is 5.75 Å². The average Bonchev–Trinajstić information content (AvgIpc) is 2.84. The first kappa shape index (κ1) is 11.3. The van der Waals surface area contributed by atoms with Crippen molar-refractivity contribution in [3.63, 3.8) is 0 Å². The second-order valence-electron chi connectivity index (χ2n) is 3.40. The summed E-state index contributed by atoms with van der Waals surface area (Å²) in [5, 5.41) is 3.76. The standard InChI is InChI=1S/C12H12N2O3/c1-2-12-13-11(14-17-12)8-16-10-6-4-3-5-9(10)7-15/h3-7H,2,8H2,1H3. The molecule has 0 spiro atoms. The molecule has 0 fully saturated rings. The molecule has 0 aliphatic carbocycles. The molecule has 1 aromatic heterocycles. The van der Waals surface area contributed by atoms with E-state index in [1.807, 2.05) is 6.92 Å². The van der Waals surface area contributed by atoms with Crippen LogP contribution >= 0.6 is 0 Å². The predicted molar refractivity (Wildman–Crippen MR) is 59.8 cm³/mol. The Morgan fingerprint density at radius 1 is 1.41 bits per heavy atom. The van der Waals surface area contributed by atoms with Gasteiger partial charge >= 0.3 is 0 Å². The Morgan fingerprint density at radius 3 is 2.94 bits per heavy atom. The van der Waals surface area contributed by atoms with Crippen LogP contribution in [0.4, 0.5) is 0 Å². The number of hydrogen-bond donors (Lipinski definition) is 0. The van der Waals surface area contributed by atoms with Crippen molar-refractivity contribution in [2.75, 3.05) is 0 Å². The van der Waals surface area contributed by atoms with Gasteiger partial charge in [0.15, 0.2) is 12.9 Å². The number of rotatable bonds is 5. The van der Waals surface area contributed by atoms with Crippen LogP contribution in [0.3, 0.4) is 0 Å². The zero-order chi connectivity index (χ0) is 12.1. The number of hydrogen-bond acceptors (Lipinski definition) is 5. The molecule has 88 valence electrons. The smallest absolute Gasteiger partial charge is 0.226 e. The quantitative estimate of drug-likeness (QED) is 0.738. The second-order valence-corrected chi connectivity index (χ2v) is 3.40. The number of ether oxygens (including phenoxy) is 1. The largest absolute Gasteiger partial charge is 0.485 e. The average molecular weight is 232 g/mol. The molecular formula is C12H12N2O3. The summed E-state index contributed by atoms with van der Waals surface area (Å²) in [6, 6.07) is 7.00. The maximum absolute atomic E-state index is 10.8. The van der Waals surface area contributed by atoms with E-state index in [9.17, 15) is 4.79 Å². The van der Waals surface area contributed by atoms with E-state index in [0.717, 1.165) is 6.29 Å². The summed E-state index contributed by atoms with van der Waals surface area (Å²) in [6.07, 6.45) is 1.45. The van der Waals surface area contributed by atoms with Crippen LogP contribution < -0.4 is 4.74 Å². The molecule has 5 nitrogen and oxygen atoms in total. The Kier molecular flexibility index (Phi) is 3.49. The predicted octanol–water partition coefficient (Wildman–Crippen LogP) is 2.02. The maximum atomic E-state index is 10.8. The van der Waals surface area contributed by atoms with Crippen molar-refractivity contribution in [1.29, 1.82) is 0 Å². The Morgan fingerprint density at radius 2 is 2.24 bits per heavy atom. The summed E-state index contributed by atoms with van der Waals surface area (Å²) in [6.45, 7) is 2.12. The van der Waals surface area contributed by atoms with Gasteiger partial charge in [0.25, 0.3) is 0 Å². The molecule has 2 aromatic rings. The molecular weight excluding hydrogens is 220 g/mol. The van der Waals surface area contributed by atoms with Gasteiger partial charge in [0.2, 0.25) is 11.7 Å². The van der Waals surface area contributed by atoms with E-state index in [1.165, 1.54) is 0 Å². The number of benzene rings is 1. The summed E-state index contributed by atoms with van der Waals surface area (Å²) in [7, 11) is 0. The molecule has 0 saturated heterocycles. The number of para-hydroxylation sites is 1. The highest BCUT2D eigenvalue weighted by Gasteiger charge is 2.06. The molecule has 0 aliphatic rings. The van der Waals surface area contributed by atoms with E-state index in [-0.39, 0.29) is 6.61 Å². The third-order valence-electron chi connectivity index (χ3n) is 2.22. The number of aromatic nitrogens is 2. The van der Waals surface area contributed by atoms with Crippen molar-refractivity contribution in [2.45, 2.75) is 20.0 Å². The van der Waals surface area contributed by atoms with Crippen LogP contribution in [0.5, 0.6) is 5.75 Å². The second kappa shape index (κ2) is 5.25. The highest BCUT2D eigenvalue weighted by molar-refractivity contribution is 5.79. The van der Waals surface area contributed by atoms with Gasteiger partial charge in [-0.1, -0.05) is 24.2 Å². The maximum Gasteiger partial charge on any atom is 0.226 e. The first-order valence-electron chi connectivity index (χ1n) is 5.32. The normalized spacial score (nSPS) is 10.2. The molecule has 0 N–H and O–H groups in total. The van der Waals surface area contributed by atoms with Gasteiger partial charge in [-0.15, -0.1) is 0 Å². The van der Waals surface area contributed by atoms with E-state index >= 15 is 0 Å². The van der Waals surface area contributed by atoms with Crippen LogP contribution in [0, 0.1) is 0 Å². The van der Waals surface area contributed by atoms with Crippen LogP contribution in [-0.2, 0) is 13.0 Å². The zero-order valence-electron chi connectivity index (χ0n) is 9.42. The fourth-order valence-corrected chi connectivity index (χ4v) is 1.34. The Balaban J connectivity index is 2.04. The molecule has 1 heterocycles. The lowest BCUT2D eigenvalue weighted by Crippen LogP contribution is -2.00. The summed E-state index contributed by atoms with van der Waals surface area (Å²) in [5.41, 5.74) is 0.506. The molecule has 0 unspecified atom stereocenters. The first-order chi connectivity index (χ1) is 8.33. The number of carbonyl (C=O) groups excluding carboxylic acids is 1. The molecule has 1 aromatic carbocycles. The number of aryl methyl sites for hydroxylation is 1. The Labute approximate surface area is 98.4 Å². The van der Waals surface area contributed by atoms with Crippen molar-refractivity contribution >= 4 is 6.29 Å². The number of carbonyl (C=O) groups is 1. The van der Waals surface area contributed by atoms with Crippen LogP contribution in [-0.4, -0.2) is 16.4 Å². The summed E-state index contributed by atoms with van der Waals surface area (Å²) in [4.78, 5) is 14.9. The van der Waals surface area contributed by atoms with Gasteiger partial charge < -0.3 is 9.26 Å². The third kappa shape index (κ3) is 2.69. The van der Waals surface area contributed by atoms with Gasteiger partial charge in [0.1, 0.15) is 5.75 Å². The highest BCUT2D eigenvalue weighted by Crippen LogP contribution is 2.16. The number of nitrogens with zero attached hydrogens (tertiary/aromatic N) is 2. The molecule has 2 rings (SSSR count). The molecule has 0 bridgehead atoms. The summed E-state index contributed by atoms with van der Waals surface area (Å²) < 4.78 is 10.4. The Bertz CT molecular complexity index is 508. The lowest BCUT2D eigenvalue weighted by atomic mass is 10.2. The molecule has 0 amide bonds. The molecule has 0 aliphatic heterocycles. The van der Waals surface area contributed by atoms with E-state index in [1.54, 1.807) is 24.3 Å². The van der Waals surface area contributed by atoms with E-state index in [0.29, 0.717) is 29.4 Å². The van der Waals surface area contributed by atoms with E-state index in [2.05, 4.69) is 10.1 Å². The van der Waals surface area contributed by atoms with Crippen LogP contribution in [0.2, 0.25) is 0 Å². The van der Waals surface area contributed by atoms with Gasteiger partial charge in [-0.25, -0.2) is 0 Å². The first-order valence-corrected chi connectivity index (χ1v) is 5.32. The van der Waals surface area contributed by atoms with Gasteiger partial charge in [-0.2, -0.15) is 4.98 Å². The van der Waals surface area contributed by atoms with Crippen LogP contribution in [0.15, 0.2) is 28.8 Å². The summed E-state index contributed by atoms with van der Waals surface area (Å²) >= 11 is 0. The highest BCUT2D eigenvalue weighted by atomic mass is 16.5. The van der Waals surface area contributed by atoms with E-state index in [4.69, 9.17) is 9.26 Å². The third-order valence-corrected chi connectivity index (χ3v) is 2.22. The minimum atomic E-state index is 0.189. The molecule has 17 heavy (non-hydrogen) atoms. The molecule has 0 radical (unpaired) electrons. The number of aldehydes is 1. The van der Waals surface area contributed by atoms with E-state index < -0.39 is 0 Å². The fraction of sp³-hybridized carbons (Fsp3) is 0.250. The zero-order valence-corrected chi connectivity index (χ0v) is 9.42. The SMILES string of the molecule is CCc1nc(COc2ccccc2C=O)no1. The van der Waals surface area contributed by atoms with Crippen molar-refractivity contribution in [1.82, 2.24) is 10.1 Å². The molecule has 0 saturated carbocycles. The lowest BCUT2D eigenvalue weighted by Gasteiger charge is -2.04. The van der Waals surface area contributed by atoms with Crippen molar-refractivity contribution in [2.24, 2.45) is 0 Å². The van der Waals surface area contributed by atoms with Crippen molar-refractivity contribution < 1.29 is 14.1 Å². The van der Waals surface area contributed by atoms with Gasteiger partial charge in [0, 0.05) is 6.42 Å². The van der Waals surface area contributed by atoms with Gasteiger partial charge in [-0.05, 0) is 12.1 Å². The van der Waals surface area contributed by atoms with Gasteiger partial charge in [0.05, 0.1) is 5.56 Å². The minimum absolute atomic E-state index is 0.189. The monoisotopic (exact) mass is 232 g/mol. The Hall–Kier alpha value is -2.17. The van der Waals surface area contributed by atoms with Gasteiger partial charge in [-0.3, -0.25) is 4.79 Å². The summed E-state index contributed by atoms with van der Waals surface area (Å²) in [5.74, 6) is 1.57. The van der Waals surface area contributed by atoms with Crippen LogP contribution in [0.25, 0.3) is 0 Å². The van der Waals surface area contributed by atoms with Crippen molar-refractivity contribution in [3.05, 3.63) is 41.5 Å². The topological polar surface area (TPSA) is 65.2 Å². The van der Waals surface area contributed by atoms with Crippen LogP contribution in [0.1, 0.15) is 29.0 Å². The molecule has 0 atom stereocenters. The molecule has 5 heteroatoms. The fourth-order valence-electron chi connectivity index (χ4n) is 1.34.